The van der Waals surface area contributed by atoms with Gasteiger partial charge in [0.25, 0.3) is 0 Å². The van der Waals surface area contributed by atoms with Crippen molar-refractivity contribution < 1.29 is 0 Å². The molecule has 1 heterocycles. The summed E-state index contributed by atoms with van der Waals surface area (Å²) in [4.78, 5) is 4.62. The molecule has 0 spiro atoms. The number of hydrogen-bond donors (Lipinski definition) is 0. The molecule has 74 valence electrons. The molecule has 0 unspecified atom stereocenters. The molecule has 2 aromatic rings. The van der Waals surface area contributed by atoms with Crippen LogP contribution < -0.4 is 4.48 Å². The Morgan fingerprint density at radius 2 is 1.79 bits per heavy atom. The van der Waals surface area contributed by atoms with Crippen LogP contribution in [0.3, 0.4) is 0 Å². The molecule has 0 aliphatic carbocycles. The number of para-hydroxylation sites is 2. The Kier molecular flexibility index (Phi) is 1.86. The van der Waals surface area contributed by atoms with Crippen molar-refractivity contribution in [2.24, 2.45) is 7.05 Å². The normalized spacial score (nSPS) is 12.3. The number of benzene rings is 1. The first-order valence-electron chi connectivity index (χ1n) is 4.73. The molecule has 0 saturated carbocycles. The van der Waals surface area contributed by atoms with Crippen LogP contribution in [0.1, 0.15) is 0 Å². The largest absolute Gasteiger partial charge is 0.309 e. The van der Waals surface area contributed by atoms with Crippen molar-refractivity contribution in [3.63, 3.8) is 0 Å². The molecular weight excluding hydrogens is 174 g/mol. The number of aryl methyl sites for hydroxylation is 1. The number of hydrogen-bond acceptors (Lipinski definition) is 1. The molecule has 1 aromatic carbocycles. The molecule has 0 N–H and O–H groups in total. The molecule has 0 aliphatic rings. The Bertz CT molecular complexity index is 463. The van der Waals surface area contributed by atoms with Gasteiger partial charge in [0.15, 0.2) is 0 Å². The summed E-state index contributed by atoms with van der Waals surface area (Å²) >= 11 is 0. The molecule has 0 aliphatic heterocycles. The summed E-state index contributed by atoms with van der Waals surface area (Å²) in [6.45, 7) is 0. The maximum Gasteiger partial charge on any atom is 0.309 e. The molecule has 0 saturated heterocycles. The molecule has 0 bridgehead atoms. The third-order valence-electron chi connectivity index (χ3n) is 2.36. The van der Waals surface area contributed by atoms with Gasteiger partial charge in [-0.15, -0.1) is 0 Å². The van der Waals surface area contributed by atoms with Crippen molar-refractivity contribution in [2.75, 3.05) is 21.1 Å². The van der Waals surface area contributed by atoms with E-state index in [1.165, 1.54) is 5.52 Å². The molecular formula is C11H16N3+. The van der Waals surface area contributed by atoms with E-state index >= 15 is 0 Å². The second-order valence-corrected chi connectivity index (χ2v) is 4.47. The number of fused-ring (bicyclic) bond motifs is 1. The van der Waals surface area contributed by atoms with Gasteiger partial charge in [-0.25, -0.2) is 0 Å². The predicted molar refractivity (Wildman–Crippen MR) is 60.3 cm³/mol. The molecule has 1 aromatic heterocycles. The zero-order chi connectivity index (χ0) is 10.3. The zero-order valence-corrected chi connectivity index (χ0v) is 9.15. The lowest BCUT2D eigenvalue weighted by Gasteiger charge is -2.21. The summed E-state index contributed by atoms with van der Waals surface area (Å²) < 4.78 is 2.89. The van der Waals surface area contributed by atoms with E-state index in [0.717, 1.165) is 15.9 Å². The van der Waals surface area contributed by atoms with Crippen LogP contribution in [0, 0.1) is 0 Å². The maximum atomic E-state index is 4.62. The Labute approximate surface area is 84.2 Å². The van der Waals surface area contributed by atoms with Crippen LogP contribution in [0.2, 0.25) is 0 Å². The Morgan fingerprint density at radius 1 is 1.14 bits per heavy atom. The minimum Gasteiger partial charge on any atom is -0.281 e. The fourth-order valence-corrected chi connectivity index (χ4v) is 1.73. The molecule has 0 radical (unpaired) electrons. The van der Waals surface area contributed by atoms with Gasteiger partial charge >= 0.3 is 5.95 Å². The first-order valence-corrected chi connectivity index (χ1v) is 4.73. The summed E-state index contributed by atoms with van der Waals surface area (Å²) in [7, 11) is 8.44. The topological polar surface area (TPSA) is 17.8 Å². The van der Waals surface area contributed by atoms with E-state index in [2.05, 4.69) is 49.9 Å². The highest BCUT2D eigenvalue weighted by Crippen LogP contribution is 2.21. The van der Waals surface area contributed by atoms with E-state index in [9.17, 15) is 0 Å². The van der Waals surface area contributed by atoms with Crippen LogP contribution in [0.4, 0.5) is 5.95 Å². The smallest absolute Gasteiger partial charge is 0.281 e. The zero-order valence-electron chi connectivity index (χ0n) is 9.15. The molecule has 0 atom stereocenters. The number of imidazole rings is 1. The monoisotopic (exact) mass is 190 g/mol. The van der Waals surface area contributed by atoms with Gasteiger partial charge in [-0.3, -0.25) is 9.05 Å². The molecule has 14 heavy (non-hydrogen) atoms. The van der Waals surface area contributed by atoms with Crippen molar-refractivity contribution in [3.8, 4) is 0 Å². The maximum absolute atomic E-state index is 4.62. The van der Waals surface area contributed by atoms with E-state index in [1.54, 1.807) is 0 Å². The van der Waals surface area contributed by atoms with E-state index < -0.39 is 0 Å². The summed E-state index contributed by atoms with van der Waals surface area (Å²) in [6.07, 6.45) is 0. The minimum atomic E-state index is 0.741. The molecule has 0 amide bonds. The first-order chi connectivity index (χ1) is 6.50. The standard InChI is InChI=1S/C11H16N3/c1-13-10-8-6-5-7-9(10)12-11(13)14(2,3)4/h5-8H,1-4H3/q+1. The van der Waals surface area contributed by atoms with Crippen LogP contribution >= 0.6 is 0 Å². The predicted octanol–water partition coefficient (Wildman–Crippen LogP) is 1.77. The fraction of sp³-hybridized carbons (Fsp3) is 0.364. The fourth-order valence-electron chi connectivity index (χ4n) is 1.73. The quantitative estimate of drug-likeness (QED) is 0.627. The number of rotatable bonds is 1. The highest BCUT2D eigenvalue weighted by atomic mass is 15.4. The van der Waals surface area contributed by atoms with E-state index in [1.807, 2.05) is 12.1 Å². The second-order valence-electron chi connectivity index (χ2n) is 4.47. The van der Waals surface area contributed by atoms with Crippen LogP contribution in [-0.4, -0.2) is 30.7 Å². The average Bonchev–Trinajstić information content (AvgIpc) is 2.44. The van der Waals surface area contributed by atoms with Crippen LogP contribution in [-0.2, 0) is 7.05 Å². The lowest BCUT2D eigenvalue weighted by Crippen LogP contribution is -2.37. The van der Waals surface area contributed by atoms with E-state index in [-0.39, 0.29) is 0 Å². The minimum absolute atomic E-state index is 0.741. The Morgan fingerprint density at radius 3 is 2.36 bits per heavy atom. The molecule has 3 nitrogen and oxygen atoms in total. The van der Waals surface area contributed by atoms with Crippen LogP contribution in [0.25, 0.3) is 11.0 Å². The summed E-state index contributed by atoms with van der Waals surface area (Å²) in [5.74, 6) is 1.08. The van der Waals surface area contributed by atoms with Crippen molar-refractivity contribution in [1.82, 2.24) is 14.0 Å². The van der Waals surface area contributed by atoms with Gasteiger partial charge in [0, 0.05) is 7.05 Å². The lowest BCUT2D eigenvalue weighted by atomic mass is 10.3. The summed E-state index contributed by atoms with van der Waals surface area (Å²) in [6, 6.07) is 8.22. The Balaban J connectivity index is 2.75. The highest BCUT2D eigenvalue weighted by molar-refractivity contribution is 5.78. The Hall–Kier alpha value is -1.35. The average molecular weight is 190 g/mol. The SMILES string of the molecule is Cn1c([N+](C)(C)C)nc2ccccc21. The molecule has 3 heteroatoms. The van der Waals surface area contributed by atoms with E-state index in [4.69, 9.17) is 0 Å². The highest BCUT2D eigenvalue weighted by Gasteiger charge is 2.20. The van der Waals surface area contributed by atoms with Gasteiger partial charge in [0.05, 0.1) is 32.2 Å². The molecule has 2 rings (SSSR count). The number of quaternary nitrogens is 1. The van der Waals surface area contributed by atoms with Crippen molar-refractivity contribution in [2.45, 2.75) is 0 Å². The van der Waals surface area contributed by atoms with Gasteiger partial charge in [-0.2, -0.15) is 4.98 Å². The lowest BCUT2D eigenvalue weighted by molar-refractivity contribution is 0.449. The van der Waals surface area contributed by atoms with Gasteiger partial charge in [0.2, 0.25) is 0 Å². The number of nitrogens with zero attached hydrogens (tertiary/aromatic N) is 3. The van der Waals surface area contributed by atoms with E-state index in [0.29, 0.717) is 0 Å². The second kappa shape index (κ2) is 2.82. The van der Waals surface area contributed by atoms with Crippen molar-refractivity contribution in [1.29, 1.82) is 0 Å². The molecule has 0 fully saturated rings. The summed E-state index contributed by atoms with van der Waals surface area (Å²) in [5.41, 5.74) is 2.26. The first kappa shape index (κ1) is 9.21. The third-order valence-corrected chi connectivity index (χ3v) is 2.36. The third kappa shape index (κ3) is 1.30. The van der Waals surface area contributed by atoms with Gasteiger partial charge in [0.1, 0.15) is 0 Å². The number of aromatic nitrogens is 2. The van der Waals surface area contributed by atoms with Crippen LogP contribution in [0.15, 0.2) is 24.3 Å². The van der Waals surface area contributed by atoms with Gasteiger partial charge < -0.3 is 0 Å². The van der Waals surface area contributed by atoms with Gasteiger partial charge in [-0.05, 0) is 12.1 Å². The summed E-state index contributed by atoms with van der Waals surface area (Å²) in [5, 5.41) is 0. The van der Waals surface area contributed by atoms with Gasteiger partial charge in [-0.1, -0.05) is 12.1 Å². The van der Waals surface area contributed by atoms with Crippen molar-refractivity contribution in [3.05, 3.63) is 24.3 Å². The van der Waals surface area contributed by atoms with Crippen molar-refractivity contribution >= 4 is 17.0 Å². The van der Waals surface area contributed by atoms with Crippen LogP contribution in [0.5, 0.6) is 0 Å².